The number of para-hydroxylation sites is 4. The van der Waals surface area contributed by atoms with Crippen LogP contribution in [-0.2, 0) is 5.41 Å². The monoisotopic (exact) mass is 678 g/mol. The van der Waals surface area contributed by atoms with Crippen molar-refractivity contribution in [1.29, 1.82) is 0 Å². The van der Waals surface area contributed by atoms with Gasteiger partial charge in [0, 0.05) is 44.4 Å². The maximum absolute atomic E-state index is 2.48. The molecule has 9 aromatic rings. The lowest BCUT2D eigenvalue weighted by molar-refractivity contribution is 0.662. The van der Waals surface area contributed by atoms with Gasteiger partial charge in [-0.1, -0.05) is 166 Å². The van der Waals surface area contributed by atoms with E-state index in [1.165, 1.54) is 66.3 Å². The number of rotatable bonds is 6. The highest BCUT2D eigenvalue weighted by molar-refractivity contribution is 6.09. The van der Waals surface area contributed by atoms with Gasteiger partial charge in [-0.05, 0) is 75.8 Å². The molecule has 0 fully saturated rings. The van der Waals surface area contributed by atoms with Crippen LogP contribution < -0.4 is 4.90 Å². The summed E-state index contributed by atoms with van der Waals surface area (Å²) in [5, 5.41) is 2.51. The summed E-state index contributed by atoms with van der Waals surface area (Å²) < 4.78 is 2.41. The van der Waals surface area contributed by atoms with E-state index in [1.807, 2.05) is 0 Å². The number of hydrogen-bond acceptors (Lipinski definition) is 1. The zero-order chi connectivity index (χ0) is 35.5. The van der Waals surface area contributed by atoms with Gasteiger partial charge < -0.3 is 9.47 Å². The average molecular weight is 679 g/mol. The van der Waals surface area contributed by atoms with E-state index in [1.54, 1.807) is 0 Å². The molecule has 0 saturated carbocycles. The SMILES string of the molecule is CC1(C)c2ccccc2-c2cccc(-c3cccc(-c4ccccc4)c3N(c3ccccc3)c3cccc(-n4c5ccccc5c5ccccc54)c3)c21. The molecule has 0 saturated heterocycles. The average Bonchev–Trinajstić information content (AvgIpc) is 3.68. The first kappa shape index (κ1) is 31.1. The Morgan fingerprint density at radius 1 is 0.415 bits per heavy atom. The second-order valence-corrected chi connectivity index (χ2v) is 14.5. The van der Waals surface area contributed by atoms with Gasteiger partial charge in [-0.2, -0.15) is 0 Å². The molecule has 0 unspecified atom stereocenters. The predicted molar refractivity (Wildman–Crippen MR) is 224 cm³/mol. The van der Waals surface area contributed by atoms with Crippen molar-refractivity contribution < 1.29 is 0 Å². The highest BCUT2D eigenvalue weighted by Gasteiger charge is 2.38. The summed E-state index contributed by atoms with van der Waals surface area (Å²) in [4.78, 5) is 2.48. The van der Waals surface area contributed by atoms with Crippen LogP contribution in [0.2, 0.25) is 0 Å². The molecule has 0 spiro atoms. The molecule has 252 valence electrons. The first-order valence-electron chi connectivity index (χ1n) is 18.5. The summed E-state index contributed by atoms with van der Waals surface area (Å²) in [7, 11) is 0. The van der Waals surface area contributed by atoms with Gasteiger partial charge in [0.15, 0.2) is 0 Å². The van der Waals surface area contributed by atoms with Gasteiger partial charge in [0.25, 0.3) is 0 Å². The van der Waals surface area contributed by atoms with Crippen LogP contribution in [-0.4, -0.2) is 4.57 Å². The quantitative estimate of drug-likeness (QED) is 0.170. The van der Waals surface area contributed by atoms with Gasteiger partial charge in [0.05, 0.1) is 16.7 Å². The molecule has 1 aromatic heterocycles. The molecule has 1 aliphatic carbocycles. The van der Waals surface area contributed by atoms with E-state index < -0.39 is 0 Å². The first-order chi connectivity index (χ1) is 26.1. The highest BCUT2D eigenvalue weighted by atomic mass is 15.2. The minimum absolute atomic E-state index is 0.170. The zero-order valence-electron chi connectivity index (χ0n) is 29.9. The molecule has 2 nitrogen and oxygen atoms in total. The van der Waals surface area contributed by atoms with Crippen LogP contribution in [0, 0.1) is 0 Å². The standard InChI is InChI=1S/C51H38N2/c1-51(2)46-31-12-9-24-40(46)43-28-17-29-44(49(43)51)45-30-16-27-39(35-18-5-3-6-19-35)50(45)52(36-20-7-4-8-21-36)37-22-15-23-38(34-37)53-47-32-13-10-25-41(47)42-26-11-14-33-48(42)53/h3-34H,1-2H3. The van der Waals surface area contributed by atoms with E-state index in [-0.39, 0.29) is 5.41 Å². The van der Waals surface area contributed by atoms with Crippen molar-refractivity contribution in [2.45, 2.75) is 19.3 Å². The van der Waals surface area contributed by atoms with Gasteiger partial charge in [-0.3, -0.25) is 0 Å². The molecule has 0 atom stereocenters. The van der Waals surface area contributed by atoms with Crippen molar-refractivity contribution in [1.82, 2.24) is 4.57 Å². The van der Waals surface area contributed by atoms with Crippen molar-refractivity contribution in [2.24, 2.45) is 0 Å². The van der Waals surface area contributed by atoms with Crippen LogP contribution in [0.4, 0.5) is 17.1 Å². The molecule has 1 aliphatic rings. The number of nitrogens with zero attached hydrogens (tertiary/aromatic N) is 2. The van der Waals surface area contributed by atoms with E-state index in [9.17, 15) is 0 Å². The van der Waals surface area contributed by atoms with Gasteiger partial charge in [-0.15, -0.1) is 0 Å². The van der Waals surface area contributed by atoms with Gasteiger partial charge in [-0.25, -0.2) is 0 Å². The Kier molecular flexibility index (Phi) is 7.19. The lowest BCUT2D eigenvalue weighted by Gasteiger charge is -2.32. The molecule has 10 rings (SSSR count). The van der Waals surface area contributed by atoms with Crippen molar-refractivity contribution in [3.63, 3.8) is 0 Å². The number of anilines is 3. The lowest BCUT2D eigenvalue weighted by atomic mass is 9.78. The van der Waals surface area contributed by atoms with Gasteiger partial charge >= 0.3 is 0 Å². The third kappa shape index (κ3) is 4.87. The zero-order valence-corrected chi connectivity index (χ0v) is 29.9. The van der Waals surface area contributed by atoms with E-state index >= 15 is 0 Å². The maximum Gasteiger partial charge on any atom is 0.0618 e. The smallest absolute Gasteiger partial charge is 0.0618 e. The van der Waals surface area contributed by atoms with Crippen molar-refractivity contribution >= 4 is 38.9 Å². The maximum atomic E-state index is 2.48. The Bertz CT molecular complexity index is 2750. The second-order valence-electron chi connectivity index (χ2n) is 14.5. The largest absolute Gasteiger partial charge is 0.309 e. The topological polar surface area (TPSA) is 8.17 Å². The van der Waals surface area contributed by atoms with Crippen LogP contribution in [0.1, 0.15) is 25.0 Å². The summed E-state index contributed by atoms with van der Waals surface area (Å²) in [5.74, 6) is 0. The molecular weight excluding hydrogens is 641 g/mol. The van der Waals surface area contributed by atoms with Gasteiger partial charge in [0.1, 0.15) is 0 Å². The van der Waals surface area contributed by atoms with Crippen molar-refractivity contribution in [3.8, 4) is 39.1 Å². The molecule has 2 heteroatoms. The Hall–Kier alpha value is -6.64. The third-order valence-electron chi connectivity index (χ3n) is 11.2. The van der Waals surface area contributed by atoms with E-state index in [0.717, 1.165) is 22.7 Å². The minimum Gasteiger partial charge on any atom is -0.309 e. The second kappa shape index (κ2) is 12.3. The number of aromatic nitrogens is 1. The fraction of sp³-hybridized carbons (Fsp3) is 0.0588. The summed E-state index contributed by atoms with van der Waals surface area (Å²) in [6.07, 6.45) is 0. The van der Waals surface area contributed by atoms with Gasteiger partial charge in [0.2, 0.25) is 0 Å². The van der Waals surface area contributed by atoms with Crippen LogP contribution in [0.5, 0.6) is 0 Å². The van der Waals surface area contributed by atoms with E-state index in [2.05, 4.69) is 217 Å². The van der Waals surface area contributed by atoms with Crippen LogP contribution in [0.25, 0.3) is 60.9 Å². The van der Waals surface area contributed by atoms with E-state index in [4.69, 9.17) is 0 Å². The molecule has 0 amide bonds. The predicted octanol–water partition coefficient (Wildman–Crippen LogP) is 13.9. The summed E-state index contributed by atoms with van der Waals surface area (Å²) >= 11 is 0. The molecule has 0 radical (unpaired) electrons. The number of benzene rings is 8. The van der Waals surface area contributed by atoms with Crippen LogP contribution >= 0.6 is 0 Å². The Morgan fingerprint density at radius 3 is 1.64 bits per heavy atom. The summed E-state index contributed by atoms with van der Waals surface area (Å²) in [6, 6.07) is 70.8. The first-order valence-corrected chi connectivity index (χ1v) is 18.5. The van der Waals surface area contributed by atoms with Crippen LogP contribution in [0.15, 0.2) is 194 Å². The number of fused-ring (bicyclic) bond motifs is 6. The third-order valence-corrected chi connectivity index (χ3v) is 11.2. The Balaban J connectivity index is 1.27. The molecule has 0 N–H and O–H groups in total. The van der Waals surface area contributed by atoms with Crippen molar-refractivity contribution in [2.75, 3.05) is 4.90 Å². The summed E-state index contributed by atoms with van der Waals surface area (Å²) in [6.45, 7) is 4.76. The summed E-state index contributed by atoms with van der Waals surface area (Å²) in [5.41, 5.74) is 16.9. The fourth-order valence-corrected chi connectivity index (χ4v) is 8.88. The highest BCUT2D eigenvalue weighted by Crippen LogP contribution is 2.55. The molecular formula is C51H38N2. The normalized spacial score (nSPS) is 12.9. The van der Waals surface area contributed by atoms with Crippen molar-refractivity contribution in [3.05, 3.63) is 205 Å². The molecule has 1 heterocycles. The molecule has 0 bridgehead atoms. The molecule has 8 aromatic carbocycles. The molecule has 0 aliphatic heterocycles. The van der Waals surface area contributed by atoms with Crippen LogP contribution in [0.3, 0.4) is 0 Å². The fourth-order valence-electron chi connectivity index (χ4n) is 8.88. The van der Waals surface area contributed by atoms with E-state index in [0.29, 0.717) is 0 Å². The Morgan fingerprint density at radius 2 is 0.925 bits per heavy atom. The Labute approximate surface area is 310 Å². The minimum atomic E-state index is -0.170. The number of hydrogen-bond donors (Lipinski definition) is 0. The molecule has 53 heavy (non-hydrogen) atoms. The lowest BCUT2D eigenvalue weighted by Crippen LogP contribution is -2.17.